The third-order valence-electron chi connectivity index (χ3n) is 20.6. The highest BCUT2D eigenvalue weighted by Gasteiger charge is 2.54. The fourth-order valence-electron chi connectivity index (χ4n) is 14.0. The maximum atomic E-state index is 13.5. The van der Waals surface area contributed by atoms with E-state index in [-0.39, 0.29) is 18.9 Å². The van der Waals surface area contributed by atoms with Crippen molar-refractivity contribution in [2.24, 2.45) is 0 Å². The van der Waals surface area contributed by atoms with Crippen molar-refractivity contribution in [2.45, 2.75) is 433 Å². The van der Waals surface area contributed by atoms with Gasteiger partial charge in [0, 0.05) is 6.42 Å². The van der Waals surface area contributed by atoms with E-state index in [0.717, 1.165) is 77.0 Å². The quantitative estimate of drug-likeness (QED) is 0.0199. The maximum Gasteiger partial charge on any atom is 0.220 e. The Hall–Kier alpha value is -2.51. The molecule has 1 amide bonds. The average molecular weight is 1450 g/mol. The minimum absolute atomic E-state index is 0.239. The lowest BCUT2D eigenvalue weighted by Crippen LogP contribution is -2.66. The summed E-state index contributed by atoms with van der Waals surface area (Å²) in [5.41, 5.74) is 0. The molecule has 17 unspecified atom stereocenters. The van der Waals surface area contributed by atoms with Gasteiger partial charge in [0.2, 0.25) is 5.91 Å². The van der Waals surface area contributed by atoms with Gasteiger partial charge in [-0.1, -0.05) is 325 Å². The third-order valence-corrected chi connectivity index (χ3v) is 20.6. The van der Waals surface area contributed by atoms with E-state index in [1.54, 1.807) is 6.08 Å². The Balaban J connectivity index is 1.36. The standard InChI is InChI=1S/C83H151NO18/c1-3-5-7-9-11-13-15-17-19-21-23-25-27-29-30-31-32-33-34-35-37-38-40-42-44-46-48-50-52-54-56-58-60-67(88)66(84-71(89)61-59-57-55-53-51-49-47-45-43-41-39-36-28-26-24-22-20-18-16-14-12-10-8-6-4-2)65-97-81-77(95)74(92)79(69(63-86)99-81)102-83-78(96)75(93)80(70(64-87)100-83)101-82-76(94)73(91)72(90)68(62-85)98-82/h6,8,12,14,18,20,24,26,58,60,66-70,72-83,85-88,90-96H,3-5,7,9-11,13,15-17,19,21-23,25,27-57,59,61-65H2,1-2H3,(H,84,89)/b8-6-,14-12-,20-18-,26-24-,60-58+. The summed E-state index contributed by atoms with van der Waals surface area (Å²) in [6, 6.07) is -0.979. The van der Waals surface area contributed by atoms with E-state index in [0.29, 0.717) is 6.42 Å². The molecule has 3 aliphatic rings. The summed E-state index contributed by atoms with van der Waals surface area (Å²) in [5, 5.41) is 121. The van der Waals surface area contributed by atoms with Crippen molar-refractivity contribution in [3.05, 3.63) is 60.8 Å². The van der Waals surface area contributed by atoms with Gasteiger partial charge >= 0.3 is 0 Å². The zero-order valence-corrected chi connectivity index (χ0v) is 63.8. The van der Waals surface area contributed by atoms with Gasteiger partial charge in [-0.25, -0.2) is 0 Å². The number of ether oxygens (including phenoxy) is 6. The number of amides is 1. The second-order valence-electron chi connectivity index (χ2n) is 29.6. The first-order valence-electron chi connectivity index (χ1n) is 41.5. The van der Waals surface area contributed by atoms with Crippen molar-refractivity contribution in [1.29, 1.82) is 0 Å². The lowest BCUT2D eigenvalue weighted by atomic mass is 9.96. The van der Waals surface area contributed by atoms with Crippen molar-refractivity contribution in [3.63, 3.8) is 0 Å². The largest absolute Gasteiger partial charge is 0.394 e. The van der Waals surface area contributed by atoms with Crippen molar-refractivity contribution < 1.29 is 89.4 Å². The number of allylic oxidation sites excluding steroid dienone is 9. The molecule has 19 nitrogen and oxygen atoms in total. The number of carbonyl (C=O) groups is 1. The summed E-state index contributed by atoms with van der Waals surface area (Å²) in [4.78, 5) is 13.5. The fraction of sp³-hybridized carbons (Fsp3) is 0.867. The Morgan fingerprint density at radius 3 is 1.06 bits per heavy atom. The molecule has 0 aliphatic carbocycles. The summed E-state index contributed by atoms with van der Waals surface area (Å²) < 4.78 is 34.5. The van der Waals surface area contributed by atoms with Gasteiger partial charge in [-0.15, -0.1) is 0 Å². The van der Waals surface area contributed by atoms with E-state index < -0.39 is 124 Å². The summed E-state index contributed by atoms with van der Waals surface area (Å²) in [6.07, 6.45) is 55.0. The van der Waals surface area contributed by atoms with Crippen molar-refractivity contribution in [2.75, 3.05) is 26.4 Å². The highest BCUT2D eigenvalue weighted by atomic mass is 16.8. The Morgan fingerprint density at radius 2 is 0.676 bits per heavy atom. The van der Waals surface area contributed by atoms with Crippen LogP contribution in [0.3, 0.4) is 0 Å². The molecular weight excluding hydrogens is 1300 g/mol. The predicted octanol–water partition coefficient (Wildman–Crippen LogP) is 14.2. The number of rotatable bonds is 66. The Morgan fingerprint density at radius 1 is 0.363 bits per heavy atom. The number of nitrogens with one attached hydrogen (secondary N) is 1. The molecule has 0 aromatic heterocycles. The molecule has 12 N–H and O–H groups in total. The summed E-state index contributed by atoms with van der Waals surface area (Å²) >= 11 is 0. The molecular formula is C83H151NO18. The normalized spacial score (nSPS) is 26.5. The van der Waals surface area contributed by atoms with Crippen LogP contribution >= 0.6 is 0 Å². The number of aliphatic hydroxyl groups is 11. The lowest BCUT2D eigenvalue weighted by molar-refractivity contribution is -0.379. The molecule has 102 heavy (non-hydrogen) atoms. The van der Waals surface area contributed by atoms with E-state index >= 15 is 0 Å². The molecule has 17 atom stereocenters. The second kappa shape index (κ2) is 63.4. The first kappa shape index (κ1) is 93.7. The summed E-state index contributed by atoms with van der Waals surface area (Å²) in [6.45, 7) is 1.67. The SMILES string of the molecule is CC/C=C\C/C=C\C/C=C\C/C=C\CCCCCCCCCCCCCCC(=O)NC(COC1OC(CO)C(OC2OC(CO)C(OC3OC(CO)C(O)C(O)C3O)C(O)C2O)C(O)C1O)C(O)/C=C/CCCCCCCCCCCCCCCCCCCCCCCCCCCCCCCC. The molecule has 0 spiro atoms. The van der Waals surface area contributed by atoms with Crippen LogP contribution in [0.1, 0.15) is 328 Å². The zero-order valence-electron chi connectivity index (χ0n) is 63.8. The van der Waals surface area contributed by atoms with E-state index in [4.69, 9.17) is 28.4 Å². The molecule has 0 saturated carbocycles. The molecule has 3 aliphatic heterocycles. The molecule has 3 saturated heterocycles. The van der Waals surface area contributed by atoms with E-state index in [2.05, 4.69) is 67.8 Å². The van der Waals surface area contributed by atoms with Crippen LogP contribution in [-0.2, 0) is 33.2 Å². The smallest absolute Gasteiger partial charge is 0.220 e. The van der Waals surface area contributed by atoms with Crippen molar-refractivity contribution in [1.82, 2.24) is 5.32 Å². The number of hydrogen-bond donors (Lipinski definition) is 12. The van der Waals surface area contributed by atoms with Crippen LogP contribution in [0.15, 0.2) is 60.8 Å². The molecule has 3 rings (SSSR count). The monoisotopic (exact) mass is 1450 g/mol. The van der Waals surface area contributed by atoms with Gasteiger partial charge in [-0.2, -0.15) is 0 Å². The van der Waals surface area contributed by atoms with E-state index in [1.807, 2.05) is 6.08 Å². The topological polar surface area (TPSA) is 307 Å². The summed E-state index contributed by atoms with van der Waals surface area (Å²) in [7, 11) is 0. The molecule has 0 aromatic rings. The Labute approximate surface area is 617 Å². The van der Waals surface area contributed by atoms with Crippen LogP contribution in [0.25, 0.3) is 0 Å². The van der Waals surface area contributed by atoms with Gasteiger partial charge in [0.1, 0.15) is 73.2 Å². The van der Waals surface area contributed by atoms with Gasteiger partial charge in [0.25, 0.3) is 0 Å². The van der Waals surface area contributed by atoms with E-state index in [1.165, 1.54) is 225 Å². The highest BCUT2D eigenvalue weighted by Crippen LogP contribution is 2.33. The van der Waals surface area contributed by atoms with Crippen molar-refractivity contribution >= 4 is 5.91 Å². The molecule has 596 valence electrons. The van der Waals surface area contributed by atoms with E-state index in [9.17, 15) is 61.0 Å². The third kappa shape index (κ3) is 42.9. The number of hydrogen-bond acceptors (Lipinski definition) is 18. The molecule has 0 aromatic carbocycles. The molecule has 3 fully saturated rings. The maximum absolute atomic E-state index is 13.5. The number of aliphatic hydroxyl groups excluding tert-OH is 11. The summed E-state index contributed by atoms with van der Waals surface area (Å²) in [5.74, 6) is -0.275. The van der Waals surface area contributed by atoms with Gasteiger partial charge in [0.05, 0.1) is 38.6 Å². The van der Waals surface area contributed by atoms with Crippen LogP contribution in [0.2, 0.25) is 0 Å². The fourth-order valence-corrected chi connectivity index (χ4v) is 14.0. The van der Waals surface area contributed by atoms with Crippen LogP contribution < -0.4 is 5.32 Å². The van der Waals surface area contributed by atoms with Crippen LogP contribution in [0.4, 0.5) is 0 Å². The number of unbranched alkanes of at least 4 members (excludes halogenated alkanes) is 42. The van der Waals surface area contributed by atoms with Gasteiger partial charge < -0.3 is 89.9 Å². The second-order valence-corrected chi connectivity index (χ2v) is 29.6. The molecule has 19 heteroatoms. The van der Waals surface area contributed by atoms with Crippen LogP contribution in [-0.4, -0.2) is 193 Å². The Bertz CT molecular complexity index is 2080. The predicted molar refractivity (Wildman–Crippen MR) is 406 cm³/mol. The average Bonchev–Trinajstić information content (AvgIpc) is 0.781. The van der Waals surface area contributed by atoms with Gasteiger partial charge in [0.15, 0.2) is 18.9 Å². The van der Waals surface area contributed by atoms with Gasteiger partial charge in [-0.3, -0.25) is 4.79 Å². The van der Waals surface area contributed by atoms with Gasteiger partial charge in [-0.05, 0) is 57.8 Å². The first-order chi connectivity index (χ1) is 49.8. The number of carbonyl (C=O) groups excluding carboxylic acids is 1. The van der Waals surface area contributed by atoms with Crippen LogP contribution in [0.5, 0.6) is 0 Å². The van der Waals surface area contributed by atoms with Crippen LogP contribution in [0, 0.1) is 0 Å². The molecule has 3 heterocycles. The minimum Gasteiger partial charge on any atom is -0.394 e. The first-order valence-corrected chi connectivity index (χ1v) is 41.5. The Kier molecular flexibility index (Phi) is 58.3. The molecule has 0 radical (unpaired) electrons. The zero-order chi connectivity index (χ0) is 73.9. The lowest BCUT2D eigenvalue weighted by Gasteiger charge is -2.48. The minimum atomic E-state index is -1.98. The molecule has 0 bridgehead atoms. The highest BCUT2D eigenvalue weighted by molar-refractivity contribution is 5.76. The van der Waals surface area contributed by atoms with Crippen molar-refractivity contribution in [3.8, 4) is 0 Å².